The number of nitrogens with zero attached hydrogens (tertiary/aromatic N) is 1. The maximum Gasteiger partial charge on any atom is 0.304 e. The number of hydrogen-bond donors (Lipinski definition) is 1. The van der Waals surface area contributed by atoms with Gasteiger partial charge < -0.3 is 5.11 Å². The van der Waals surface area contributed by atoms with E-state index in [1.165, 1.54) is 5.56 Å². The summed E-state index contributed by atoms with van der Waals surface area (Å²) >= 11 is 0. The van der Waals surface area contributed by atoms with Gasteiger partial charge in [0.2, 0.25) is 0 Å². The van der Waals surface area contributed by atoms with E-state index in [1.807, 2.05) is 18.2 Å². The summed E-state index contributed by atoms with van der Waals surface area (Å²) < 4.78 is 0. The Morgan fingerprint density at radius 1 is 1.22 bits per heavy atom. The van der Waals surface area contributed by atoms with Gasteiger partial charge in [0.25, 0.3) is 0 Å². The molecule has 3 nitrogen and oxygen atoms in total. The van der Waals surface area contributed by atoms with E-state index in [0.29, 0.717) is 18.6 Å². The molecule has 0 aliphatic heterocycles. The van der Waals surface area contributed by atoms with E-state index in [0.717, 1.165) is 6.42 Å². The number of hydrogen-bond acceptors (Lipinski definition) is 2. The molecule has 0 aliphatic carbocycles. The fourth-order valence-corrected chi connectivity index (χ4v) is 2.28. The molecule has 0 bridgehead atoms. The Balaban J connectivity index is 2.59. The predicted molar refractivity (Wildman–Crippen MR) is 73.7 cm³/mol. The molecule has 18 heavy (non-hydrogen) atoms. The molecular weight excluding hydrogens is 226 g/mol. The number of carboxylic acid groups (broad SMARTS) is 1. The van der Waals surface area contributed by atoms with Crippen molar-refractivity contribution in [3.05, 3.63) is 35.9 Å². The smallest absolute Gasteiger partial charge is 0.304 e. The fourth-order valence-electron chi connectivity index (χ4n) is 2.28. The van der Waals surface area contributed by atoms with Crippen molar-refractivity contribution in [2.45, 2.75) is 45.7 Å². The lowest BCUT2D eigenvalue weighted by Crippen LogP contribution is -2.41. The summed E-state index contributed by atoms with van der Waals surface area (Å²) in [6, 6.07) is 11.0. The standard InChI is InChI=1S/C15H23NO2/c1-12(2)16(10-9-15(17)18)13(3)11-14-7-5-4-6-8-14/h4-8,12-13H,9-11H2,1-3H3,(H,17,18). The second kappa shape index (κ2) is 7.17. The quantitative estimate of drug-likeness (QED) is 0.807. The lowest BCUT2D eigenvalue weighted by Gasteiger charge is -2.32. The highest BCUT2D eigenvalue weighted by Crippen LogP contribution is 2.12. The summed E-state index contributed by atoms with van der Waals surface area (Å²) in [6.45, 7) is 7.00. The van der Waals surface area contributed by atoms with Gasteiger partial charge in [0.05, 0.1) is 6.42 Å². The van der Waals surface area contributed by atoms with Crippen LogP contribution in [0.15, 0.2) is 30.3 Å². The van der Waals surface area contributed by atoms with E-state index >= 15 is 0 Å². The van der Waals surface area contributed by atoms with Crippen LogP contribution in [0.4, 0.5) is 0 Å². The summed E-state index contributed by atoms with van der Waals surface area (Å²) in [4.78, 5) is 12.9. The van der Waals surface area contributed by atoms with Crippen LogP contribution in [0.1, 0.15) is 32.8 Å². The Morgan fingerprint density at radius 2 is 1.83 bits per heavy atom. The first-order valence-electron chi connectivity index (χ1n) is 6.52. The lowest BCUT2D eigenvalue weighted by atomic mass is 10.0. The number of aliphatic carboxylic acids is 1. The van der Waals surface area contributed by atoms with Gasteiger partial charge in [-0.3, -0.25) is 9.69 Å². The third-order valence-corrected chi connectivity index (χ3v) is 3.19. The van der Waals surface area contributed by atoms with Crippen LogP contribution < -0.4 is 0 Å². The zero-order valence-corrected chi connectivity index (χ0v) is 11.5. The van der Waals surface area contributed by atoms with E-state index < -0.39 is 5.97 Å². The third kappa shape index (κ3) is 4.88. The van der Waals surface area contributed by atoms with Gasteiger partial charge in [-0.05, 0) is 32.8 Å². The van der Waals surface area contributed by atoms with Gasteiger partial charge in [-0.25, -0.2) is 0 Å². The molecule has 0 radical (unpaired) electrons. The van der Waals surface area contributed by atoms with Crippen LogP contribution in [0.2, 0.25) is 0 Å². The monoisotopic (exact) mass is 249 g/mol. The minimum Gasteiger partial charge on any atom is -0.481 e. The van der Waals surface area contributed by atoms with Crippen molar-refractivity contribution in [2.24, 2.45) is 0 Å². The lowest BCUT2D eigenvalue weighted by molar-refractivity contribution is -0.137. The van der Waals surface area contributed by atoms with Gasteiger partial charge in [-0.2, -0.15) is 0 Å². The molecule has 1 N–H and O–H groups in total. The summed E-state index contributed by atoms with van der Waals surface area (Å²) in [6.07, 6.45) is 1.16. The van der Waals surface area contributed by atoms with Crippen LogP contribution >= 0.6 is 0 Å². The molecule has 0 amide bonds. The molecule has 1 rings (SSSR count). The number of carbonyl (C=O) groups is 1. The first-order chi connectivity index (χ1) is 8.50. The van der Waals surface area contributed by atoms with Crippen LogP contribution in [0.5, 0.6) is 0 Å². The minimum atomic E-state index is -0.729. The maximum atomic E-state index is 10.7. The molecule has 0 aromatic heterocycles. The second-order valence-electron chi connectivity index (χ2n) is 5.01. The molecule has 100 valence electrons. The normalized spacial score (nSPS) is 12.9. The summed E-state index contributed by atoms with van der Waals surface area (Å²) in [5, 5.41) is 8.79. The van der Waals surface area contributed by atoms with Crippen molar-refractivity contribution in [3.8, 4) is 0 Å². The van der Waals surface area contributed by atoms with Crippen molar-refractivity contribution in [1.82, 2.24) is 4.90 Å². The predicted octanol–water partition coefficient (Wildman–Crippen LogP) is 2.80. The molecule has 1 aromatic rings. The van der Waals surface area contributed by atoms with E-state index in [1.54, 1.807) is 0 Å². The summed E-state index contributed by atoms with van der Waals surface area (Å²) in [5.41, 5.74) is 1.30. The van der Waals surface area contributed by atoms with Crippen molar-refractivity contribution >= 4 is 5.97 Å². The van der Waals surface area contributed by atoms with Gasteiger partial charge in [-0.15, -0.1) is 0 Å². The van der Waals surface area contributed by atoms with Crippen molar-refractivity contribution in [2.75, 3.05) is 6.54 Å². The van der Waals surface area contributed by atoms with Gasteiger partial charge in [0, 0.05) is 18.6 Å². The van der Waals surface area contributed by atoms with Gasteiger partial charge in [0.1, 0.15) is 0 Å². The number of benzene rings is 1. The molecule has 0 saturated heterocycles. The van der Waals surface area contributed by atoms with E-state index in [4.69, 9.17) is 5.11 Å². The molecule has 1 unspecified atom stereocenters. The Bertz CT molecular complexity index is 362. The summed E-state index contributed by atoms with van der Waals surface area (Å²) in [5.74, 6) is -0.729. The summed E-state index contributed by atoms with van der Waals surface area (Å²) in [7, 11) is 0. The largest absolute Gasteiger partial charge is 0.481 e. The van der Waals surface area contributed by atoms with Crippen LogP contribution in [-0.4, -0.2) is 34.6 Å². The third-order valence-electron chi connectivity index (χ3n) is 3.19. The molecule has 0 aliphatic rings. The molecule has 0 fully saturated rings. The zero-order valence-electron chi connectivity index (χ0n) is 11.5. The number of carboxylic acids is 1. The van der Waals surface area contributed by atoms with Gasteiger partial charge >= 0.3 is 5.97 Å². The SMILES string of the molecule is CC(C)N(CCC(=O)O)C(C)Cc1ccccc1. The Labute approximate surface area is 109 Å². The van der Waals surface area contributed by atoms with Crippen LogP contribution in [0, 0.1) is 0 Å². The van der Waals surface area contributed by atoms with E-state index in [-0.39, 0.29) is 6.42 Å². The van der Waals surface area contributed by atoms with Crippen molar-refractivity contribution < 1.29 is 9.90 Å². The van der Waals surface area contributed by atoms with Gasteiger partial charge in [0.15, 0.2) is 0 Å². The molecule has 1 aromatic carbocycles. The molecule has 0 saturated carbocycles. The van der Waals surface area contributed by atoms with Gasteiger partial charge in [-0.1, -0.05) is 30.3 Å². The van der Waals surface area contributed by atoms with Crippen molar-refractivity contribution in [1.29, 1.82) is 0 Å². The van der Waals surface area contributed by atoms with Crippen LogP contribution in [0.3, 0.4) is 0 Å². The minimum absolute atomic E-state index is 0.206. The maximum absolute atomic E-state index is 10.7. The Morgan fingerprint density at radius 3 is 2.33 bits per heavy atom. The first-order valence-corrected chi connectivity index (χ1v) is 6.52. The number of rotatable bonds is 7. The topological polar surface area (TPSA) is 40.5 Å². The molecule has 1 atom stereocenters. The second-order valence-corrected chi connectivity index (χ2v) is 5.01. The zero-order chi connectivity index (χ0) is 13.5. The highest BCUT2D eigenvalue weighted by Gasteiger charge is 2.18. The Kier molecular flexibility index (Phi) is 5.86. The van der Waals surface area contributed by atoms with Crippen LogP contribution in [-0.2, 0) is 11.2 Å². The molecule has 0 heterocycles. The highest BCUT2D eigenvalue weighted by atomic mass is 16.4. The first kappa shape index (κ1) is 14.7. The molecule has 0 spiro atoms. The average molecular weight is 249 g/mol. The molecule has 3 heteroatoms. The Hall–Kier alpha value is -1.35. The fraction of sp³-hybridized carbons (Fsp3) is 0.533. The van der Waals surface area contributed by atoms with E-state index in [2.05, 4.69) is 37.8 Å². The highest BCUT2D eigenvalue weighted by molar-refractivity contribution is 5.66. The van der Waals surface area contributed by atoms with Crippen molar-refractivity contribution in [3.63, 3.8) is 0 Å². The average Bonchev–Trinajstić information content (AvgIpc) is 2.29. The molecular formula is C15H23NO2. The van der Waals surface area contributed by atoms with E-state index in [9.17, 15) is 4.79 Å². The van der Waals surface area contributed by atoms with Crippen LogP contribution in [0.25, 0.3) is 0 Å².